The van der Waals surface area contributed by atoms with Gasteiger partial charge in [0.05, 0.1) is 28.1 Å². The van der Waals surface area contributed by atoms with Gasteiger partial charge in [-0.25, -0.2) is 14.2 Å². The summed E-state index contributed by atoms with van der Waals surface area (Å²) < 4.78 is 8.98. The molecule has 0 unspecified atom stereocenters. The Bertz CT molecular complexity index is 2040. The van der Waals surface area contributed by atoms with E-state index in [0.29, 0.717) is 33.8 Å². The highest BCUT2D eigenvalue weighted by Gasteiger charge is 2.17. The van der Waals surface area contributed by atoms with Crippen molar-refractivity contribution in [2.24, 2.45) is 10.1 Å². The molecule has 202 valence electrons. The zero-order valence-corrected chi connectivity index (χ0v) is 22.6. The van der Waals surface area contributed by atoms with Crippen molar-refractivity contribution in [3.63, 3.8) is 0 Å². The average molecular weight is 563 g/mol. The Morgan fingerprint density at radius 3 is 2.56 bits per heavy atom. The maximum atomic E-state index is 13.1. The van der Waals surface area contributed by atoms with E-state index >= 15 is 0 Å². The van der Waals surface area contributed by atoms with E-state index in [1.807, 2.05) is 60.8 Å². The Morgan fingerprint density at radius 2 is 1.80 bits per heavy atom. The zero-order valence-electron chi connectivity index (χ0n) is 21.7. The fourth-order valence-electron chi connectivity index (χ4n) is 4.36. The van der Waals surface area contributed by atoms with Crippen LogP contribution in [0.3, 0.4) is 0 Å². The Balaban J connectivity index is 1.50. The summed E-state index contributed by atoms with van der Waals surface area (Å²) >= 11 is 1.41. The number of hydrogen-bond acceptors (Lipinski definition) is 8. The topological polar surface area (TPSA) is 121 Å². The van der Waals surface area contributed by atoms with Crippen LogP contribution in [-0.4, -0.2) is 32.1 Å². The van der Waals surface area contributed by atoms with E-state index in [2.05, 4.69) is 4.99 Å². The second kappa shape index (κ2) is 11.0. The van der Waals surface area contributed by atoms with Crippen LogP contribution in [0.25, 0.3) is 39.2 Å². The summed E-state index contributed by atoms with van der Waals surface area (Å²) in [5, 5.41) is 23.3. The van der Waals surface area contributed by atoms with Gasteiger partial charge in [0, 0.05) is 46.8 Å². The molecule has 6 aromatic rings. The summed E-state index contributed by atoms with van der Waals surface area (Å²) in [6.45, 7) is 2.48. The fourth-order valence-corrected chi connectivity index (χ4v) is 5.26. The maximum absolute atomic E-state index is 13.1. The molecule has 41 heavy (non-hydrogen) atoms. The van der Waals surface area contributed by atoms with Crippen LogP contribution in [0, 0.1) is 10.1 Å². The third-order valence-electron chi connectivity index (χ3n) is 6.32. The average Bonchev–Trinajstić information content (AvgIpc) is 3.60. The van der Waals surface area contributed by atoms with Crippen molar-refractivity contribution in [1.29, 1.82) is 0 Å². The van der Waals surface area contributed by atoms with Crippen molar-refractivity contribution in [2.45, 2.75) is 6.92 Å². The monoisotopic (exact) mass is 562 g/mol. The van der Waals surface area contributed by atoms with Gasteiger partial charge >= 0.3 is 5.63 Å². The lowest BCUT2D eigenvalue weighted by Gasteiger charge is -2.04. The highest BCUT2D eigenvalue weighted by atomic mass is 32.1. The van der Waals surface area contributed by atoms with E-state index in [9.17, 15) is 14.9 Å². The normalized spacial score (nSPS) is 12.0. The van der Waals surface area contributed by atoms with Crippen LogP contribution in [0.1, 0.15) is 12.5 Å². The largest absolute Gasteiger partial charge is 0.422 e. The van der Waals surface area contributed by atoms with Gasteiger partial charge in [0.1, 0.15) is 11.3 Å². The van der Waals surface area contributed by atoms with Gasteiger partial charge in [-0.3, -0.25) is 15.1 Å². The van der Waals surface area contributed by atoms with Gasteiger partial charge in [0.2, 0.25) is 4.80 Å². The molecular weight excluding hydrogens is 540 g/mol. The maximum Gasteiger partial charge on any atom is 0.345 e. The molecule has 0 fully saturated rings. The lowest BCUT2D eigenvalue weighted by Crippen LogP contribution is -2.12. The molecule has 0 saturated carbocycles. The number of non-ortho nitro benzene ring substituents is 1. The minimum Gasteiger partial charge on any atom is -0.422 e. The van der Waals surface area contributed by atoms with E-state index in [1.54, 1.807) is 46.0 Å². The van der Waals surface area contributed by atoms with Crippen molar-refractivity contribution in [2.75, 3.05) is 6.54 Å². The molecule has 0 spiro atoms. The highest BCUT2D eigenvalue weighted by Crippen LogP contribution is 2.25. The fraction of sp³-hybridized carbons (Fsp3) is 0.0667. The molecule has 0 aliphatic heterocycles. The van der Waals surface area contributed by atoms with E-state index in [0.717, 1.165) is 22.3 Å². The van der Waals surface area contributed by atoms with Crippen molar-refractivity contribution < 1.29 is 9.34 Å². The van der Waals surface area contributed by atoms with Crippen LogP contribution in [0.2, 0.25) is 0 Å². The summed E-state index contributed by atoms with van der Waals surface area (Å²) in [6, 6.07) is 24.9. The number of thiazole rings is 1. The van der Waals surface area contributed by atoms with Crippen molar-refractivity contribution >= 4 is 34.2 Å². The van der Waals surface area contributed by atoms with Crippen LogP contribution in [-0.2, 0) is 0 Å². The molecule has 0 radical (unpaired) electrons. The molecule has 0 aliphatic carbocycles. The molecule has 0 amide bonds. The van der Waals surface area contributed by atoms with Gasteiger partial charge < -0.3 is 4.42 Å². The molecule has 0 saturated heterocycles. The molecule has 0 atom stereocenters. The van der Waals surface area contributed by atoms with E-state index < -0.39 is 10.5 Å². The van der Waals surface area contributed by atoms with Crippen LogP contribution in [0.15, 0.2) is 116 Å². The first-order valence-electron chi connectivity index (χ1n) is 12.7. The number of hydrogen-bond donors (Lipinski definition) is 0. The Morgan fingerprint density at radius 1 is 1.05 bits per heavy atom. The van der Waals surface area contributed by atoms with Crippen LogP contribution in [0.5, 0.6) is 0 Å². The summed E-state index contributed by atoms with van der Waals surface area (Å²) in [6.07, 6.45) is 3.44. The first kappa shape index (κ1) is 25.8. The van der Waals surface area contributed by atoms with E-state index in [1.165, 1.54) is 23.5 Å². The predicted molar refractivity (Wildman–Crippen MR) is 159 cm³/mol. The second-order valence-corrected chi connectivity index (χ2v) is 9.77. The number of rotatable bonds is 7. The molecular formula is C30H22N6O4S. The minimum atomic E-state index is -0.506. The zero-order chi connectivity index (χ0) is 28.3. The second-order valence-electron chi connectivity index (χ2n) is 8.94. The van der Waals surface area contributed by atoms with E-state index in [-0.39, 0.29) is 5.69 Å². The number of nitrogens with zero attached hydrogens (tertiary/aromatic N) is 6. The molecule has 11 heteroatoms. The van der Waals surface area contributed by atoms with Gasteiger partial charge in [0.15, 0.2) is 0 Å². The van der Waals surface area contributed by atoms with Crippen molar-refractivity contribution in [3.05, 3.63) is 127 Å². The summed E-state index contributed by atoms with van der Waals surface area (Å²) in [7, 11) is 0. The highest BCUT2D eigenvalue weighted by molar-refractivity contribution is 7.07. The number of fused-ring (bicyclic) bond motifs is 1. The van der Waals surface area contributed by atoms with Gasteiger partial charge in [-0.2, -0.15) is 10.2 Å². The van der Waals surface area contributed by atoms with Crippen LogP contribution < -0.4 is 10.4 Å². The molecule has 0 bridgehead atoms. The molecule has 0 aliphatic rings. The van der Waals surface area contributed by atoms with Gasteiger partial charge in [0.25, 0.3) is 5.69 Å². The number of aromatic nitrogens is 3. The summed E-state index contributed by atoms with van der Waals surface area (Å²) in [5.74, 6) is 0. The van der Waals surface area contributed by atoms with E-state index in [4.69, 9.17) is 14.6 Å². The summed E-state index contributed by atoms with van der Waals surface area (Å²) in [5.41, 5.74) is 3.59. The molecule has 6 rings (SSSR count). The third-order valence-corrected chi connectivity index (χ3v) is 7.18. The third kappa shape index (κ3) is 5.13. The van der Waals surface area contributed by atoms with Crippen LogP contribution >= 0.6 is 11.3 Å². The molecule has 10 nitrogen and oxygen atoms in total. The molecule has 3 heterocycles. The minimum absolute atomic E-state index is 0.00434. The van der Waals surface area contributed by atoms with Crippen molar-refractivity contribution in [1.82, 2.24) is 14.5 Å². The first-order chi connectivity index (χ1) is 20.0. The SMILES string of the molecule is CCN=c1scc(-c2ccc([N+](=O)[O-])cc2)n1N=Cc1cn(-c2ccccc2)nc1-c1cc2ccccc2oc1=O. The summed E-state index contributed by atoms with van der Waals surface area (Å²) in [4.78, 5) is 29.0. The lowest BCUT2D eigenvalue weighted by atomic mass is 10.1. The van der Waals surface area contributed by atoms with Gasteiger partial charge in [-0.15, -0.1) is 11.3 Å². The predicted octanol–water partition coefficient (Wildman–Crippen LogP) is 5.89. The quantitative estimate of drug-likeness (QED) is 0.104. The number of nitro benzene ring substituents is 1. The number of benzene rings is 3. The van der Waals surface area contributed by atoms with Gasteiger partial charge in [-0.1, -0.05) is 36.4 Å². The standard InChI is InChI=1S/C30H22N6O4S/c1-2-31-30-35(26(19-41-30)20-12-14-24(15-13-20)36(38)39)32-17-22-18-34(23-9-4-3-5-10-23)33-28(22)25-16-21-8-6-7-11-27(21)40-29(25)37/h3-19H,2H2,1H3. The Hall–Kier alpha value is -5.42. The van der Waals surface area contributed by atoms with Gasteiger partial charge in [-0.05, 0) is 43.3 Å². The lowest BCUT2D eigenvalue weighted by molar-refractivity contribution is -0.384. The number of para-hydroxylation sites is 2. The first-order valence-corrected chi connectivity index (χ1v) is 13.6. The molecule has 0 N–H and O–H groups in total. The molecule has 3 aromatic carbocycles. The van der Waals surface area contributed by atoms with Crippen LogP contribution in [0.4, 0.5) is 5.69 Å². The molecule has 3 aromatic heterocycles. The van der Waals surface area contributed by atoms with Crippen molar-refractivity contribution in [3.8, 4) is 28.2 Å². The Labute approximate surface area is 236 Å². The smallest absolute Gasteiger partial charge is 0.345 e. The Kier molecular flexibility index (Phi) is 6.92. The number of nitro groups is 1.